The van der Waals surface area contributed by atoms with Crippen LogP contribution in [0.5, 0.6) is 0 Å². The minimum atomic E-state index is -6.13. The summed E-state index contributed by atoms with van der Waals surface area (Å²) < 4.78 is 343. The second-order valence-electron chi connectivity index (χ2n) is 22.9. The van der Waals surface area contributed by atoms with E-state index in [-0.39, 0.29) is 5.78 Å². The number of hydrogen-bond donors (Lipinski definition) is 0. The molecule has 1 saturated carbocycles. The van der Waals surface area contributed by atoms with E-state index in [9.17, 15) is 110 Å². The lowest BCUT2D eigenvalue weighted by molar-refractivity contribution is -0.690. The first kappa shape index (κ1) is 72.2. The van der Waals surface area contributed by atoms with Gasteiger partial charge in [0.05, 0.1) is 44.5 Å². The lowest BCUT2D eigenvalue weighted by Gasteiger charge is -2.46. The predicted octanol–water partition coefficient (Wildman–Crippen LogP) is 20.0. The molecule has 0 bridgehead atoms. The number of carbonyl (C=O) groups is 1. The van der Waals surface area contributed by atoms with Gasteiger partial charge in [0, 0.05) is 22.9 Å². The summed E-state index contributed by atoms with van der Waals surface area (Å²) in [7, 11) is 0. The standard InChI is InChI=1S/C33H44NO.C32H12BF24/c1-2-3-4-5-6-7-8-10-15-27-20-22-30(23-21-27)33-31-19-14-13-16-28(31)24-25-34(33)26-32(35)29-17-11-9-12-18-29;34-25(35,36)13-1-14(26(37,38)39)6-21(5-13)33(22-7-15(27(40,41)42)2-16(8-22)28(43,44)45,23-9-17(29(46,47)48)3-18(10-23)30(49,50)51)24-11-19(31(52,53)54)4-20(12-24)32(55,56)57/h9,11-14,16-19,24-25,27,30H,2-8,10,15,20-23,26H2,1H3;1-12H/q+1;-1. The molecule has 1 aliphatic carbocycles. The molecule has 0 unspecified atom stereocenters. The Labute approximate surface area is 511 Å². The summed E-state index contributed by atoms with van der Waals surface area (Å²) in [5.41, 5.74) is -28.0. The summed E-state index contributed by atoms with van der Waals surface area (Å²) in [4.78, 5) is 13.1. The van der Waals surface area contributed by atoms with Crippen LogP contribution in [0.1, 0.15) is 157 Å². The Kier molecular flexibility index (Phi) is 21.8. The molecule has 0 amide bonds. The predicted molar refractivity (Wildman–Crippen MR) is 297 cm³/mol. The number of benzene rings is 6. The number of nitrogens with zero attached hydrogens (tertiary/aromatic N) is 1. The summed E-state index contributed by atoms with van der Waals surface area (Å²) in [5.74, 6) is 1.62. The molecular weight excluding hydrogens is 1280 g/mol. The Morgan fingerprint density at radius 2 is 0.707 bits per heavy atom. The zero-order valence-electron chi connectivity index (χ0n) is 48.3. The van der Waals surface area contributed by atoms with Crippen molar-refractivity contribution in [1.29, 1.82) is 0 Å². The molecule has 0 radical (unpaired) electrons. The minimum Gasteiger partial charge on any atom is -0.287 e. The molecule has 7 aromatic rings. The van der Waals surface area contributed by atoms with E-state index in [4.69, 9.17) is 0 Å². The molecule has 1 aromatic heterocycles. The quantitative estimate of drug-likeness (QED) is 0.0293. The Morgan fingerprint density at radius 1 is 0.391 bits per heavy atom. The highest BCUT2D eigenvalue weighted by Crippen LogP contribution is 2.43. The molecule has 1 heterocycles. The molecule has 92 heavy (non-hydrogen) atoms. The number of aromatic nitrogens is 1. The van der Waals surface area contributed by atoms with Crippen molar-refractivity contribution in [2.24, 2.45) is 5.92 Å². The van der Waals surface area contributed by atoms with Crippen molar-refractivity contribution in [3.63, 3.8) is 0 Å². The number of Topliss-reactive ketones (excluding diaryl/α,β-unsaturated/α-hetero) is 1. The SMILES string of the molecule is CCCCCCCCCCC1CCC(c2c3ccccc3cc[n+]2CC(=O)c2ccccc2)CC1.FC(F)(F)c1cc([B-](c2cc(C(F)(F)F)cc(C(F)(F)F)c2)(c2cc(C(F)(F)F)cc(C(F)(F)F)c2)c2cc(C(F)(F)F)cc(C(F)(F)F)c2)cc(C(F)(F)F)c1. The van der Waals surface area contributed by atoms with Gasteiger partial charge in [0.1, 0.15) is 6.15 Å². The van der Waals surface area contributed by atoms with Crippen molar-refractivity contribution in [1.82, 2.24) is 0 Å². The molecule has 498 valence electrons. The minimum absolute atomic E-state index is 0.190. The number of pyridine rings is 1. The third-order valence-corrected chi connectivity index (χ3v) is 16.5. The van der Waals surface area contributed by atoms with Crippen molar-refractivity contribution in [2.45, 2.75) is 152 Å². The maximum absolute atomic E-state index is 14.2. The fourth-order valence-electron chi connectivity index (χ4n) is 12.1. The molecule has 6 aromatic carbocycles. The van der Waals surface area contributed by atoms with E-state index in [1.165, 1.54) is 99.9 Å². The third kappa shape index (κ3) is 17.7. The summed E-state index contributed by atoms with van der Waals surface area (Å²) >= 11 is 0. The summed E-state index contributed by atoms with van der Waals surface area (Å²) in [6.07, 6.45) is -34.8. The maximum Gasteiger partial charge on any atom is 0.416 e. The van der Waals surface area contributed by atoms with E-state index in [1.807, 2.05) is 30.3 Å². The van der Waals surface area contributed by atoms with Crippen LogP contribution >= 0.6 is 0 Å². The number of hydrogen-bond acceptors (Lipinski definition) is 1. The van der Waals surface area contributed by atoms with E-state index >= 15 is 0 Å². The zero-order chi connectivity index (χ0) is 68.2. The van der Waals surface area contributed by atoms with Gasteiger partial charge in [-0.2, -0.15) is 132 Å². The van der Waals surface area contributed by atoms with Gasteiger partial charge in [0.25, 0.3) is 0 Å². The van der Waals surface area contributed by atoms with Crippen LogP contribution in [-0.4, -0.2) is 11.9 Å². The van der Waals surface area contributed by atoms with Gasteiger partial charge in [-0.05, 0) is 67.3 Å². The van der Waals surface area contributed by atoms with Gasteiger partial charge in [-0.15, -0.1) is 0 Å². The van der Waals surface area contributed by atoms with Gasteiger partial charge in [-0.25, -0.2) is 0 Å². The highest BCUT2D eigenvalue weighted by atomic mass is 19.4. The Balaban J connectivity index is 0.000000292. The molecule has 0 saturated heterocycles. The highest BCUT2D eigenvalue weighted by molar-refractivity contribution is 7.20. The number of alkyl halides is 24. The van der Waals surface area contributed by atoms with E-state index in [2.05, 4.69) is 48.0 Å². The van der Waals surface area contributed by atoms with Gasteiger partial charge < -0.3 is 0 Å². The largest absolute Gasteiger partial charge is 0.416 e. The topological polar surface area (TPSA) is 20.9 Å². The van der Waals surface area contributed by atoms with Crippen LogP contribution in [0.25, 0.3) is 10.8 Å². The molecule has 2 nitrogen and oxygen atoms in total. The molecule has 1 fully saturated rings. The second kappa shape index (κ2) is 27.8. The maximum atomic E-state index is 14.2. The first-order valence-electron chi connectivity index (χ1n) is 28.9. The molecule has 0 N–H and O–H groups in total. The van der Waals surface area contributed by atoms with Crippen LogP contribution < -0.4 is 26.4 Å². The van der Waals surface area contributed by atoms with Crippen molar-refractivity contribution < 1.29 is 115 Å². The zero-order valence-corrected chi connectivity index (χ0v) is 48.3. The fourth-order valence-corrected chi connectivity index (χ4v) is 12.1. The Hall–Kier alpha value is -7.22. The Morgan fingerprint density at radius 3 is 1.04 bits per heavy atom. The van der Waals surface area contributed by atoms with E-state index in [0.29, 0.717) is 12.5 Å². The van der Waals surface area contributed by atoms with Crippen LogP contribution in [0.3, 0.4) is 0 Å². The monoisotopic (exact) mass is 1330 g/mol. The number of halogens is 24. The lowest BCUT2D eigenvalue weighted by atomic mass is 9.12. The second-order valence-corrected chi connectivity index (χ2v) is 22.9. The first-order valence-corrected chi connectivity index (χ1v) is 28.9. The average Bonchev–Trinajstić information content (AvgIpc) is 0.709. The van der Waals surface area contributed by atoms with Crippen molar-refractivity contribution in [3.8, 4) is 0 Å². The molecule has 0 spiro atoms. The van der Waals surface area contributed by atoms with Gasteiger partial charge in [0.15, 0.2) is 11.9 Å². The third-order valence-electron chi connectivity index (χ3n) is 16.5. The molecular formula is C65H56BF24NO. The van der Waals surface area contributed by atoms with Crippen LogP contribution in [0, 0.1) is 5.92 Å². The number of ketones is 1. The van der Waals surface area contributed by atoms with Crippen molar-refractivity contribution in [2.75, 3.05) is 0 Å². The summed E-state index contributed by atoms with van der Waals surface area (Å²) in [6.45, 7) is 2.71. The number of fused-ring (bicyclic) bond motifs is 1. The number of rotatable bonds is 17. The van der Waals surface area contributed by atoms with Crippen molar-refractivity contribution >= 4 is 44.6 Å². The normalized spacial score (nSPS) is 15.8. The van der Waals surface area contributed by atoms with E-state index in [0.717, 1.165) is 11.5 Å². The highest BCUT2D eigenvalue weighted by Gasteiger charge is 2.47. The summed E-state index contributed by atoms with van der Waals surface area (Å²) in [6, 6.07) is 11.8. The average molecular weight is 1330 g/mol. The van der Waals surface area contributed by atoms with Gasteiger partial charge in [-0.3, -0.25) is 4.79 Å². The van der Waals surface area contributed by atoms with Crippen molar-refractivity contribution in [3.05, 3.63) is 195 Å². The van der Waals surface area contributed by atoms with Crippen LogP contribution in [0.4, 0.5) is 105 Å². The Bertz CT molecular complexity index is 3220. The molecule has 0 atom stereocenters. The van der Waals surface area contributed by atoms with Crippen LogP contribution in [0.2, 0.25) is 0 Å². The number of unbranched alkanes of at least 4 members (excludes halogenated alkanes) is 7. The molecule has 1 aliphatic rings. The number of carbonyl (C=O) groups excluding carboxylic acids is 1. The lowest BCUT2D eigenvalue weighted by Crippen LogP contribution is -2.75. The summed E-state index contributed by atoms with van der Waals surface area (Å²) in [5, 5.41) is 2.61. The first-order chi connectivity index (χ1) is 42.5. The van der Waals surface area contributed by atoms with Gasteiger partial charge in [-0.1, -0.05) is 162 Å². The van der Waals surface area contributed by atoms with Gasteiger partial charge >= 0.3 is 49.4 Å². The van der Waals surface area contributed by atoms with Gasteiger partial charge in [0.2, 0.25) is 12.3 Å². The molecule has 27 heteroatoms. The fraction of sp³-hybridized carbons (Fsp3) is 0.385. The molecule has 0 aliphatic heterocycles. The van der Waals surface area contributed by atoms with E-state index < -0.39 is 195 Å². The van der Waals surface area contributed by atoms with Crippen LogP contribution in [0.15, 0.2) is 140 Å². The smallest absolute Gasteiger partial charge is 0.287 e. The van der Waals surface area contributed by atoms with E-state index in [1.54, 1.807) is 0 Å². The van der Waals surface area contributed by atoms with Crippen LogP contribution in [-0.2, 0) is 56.0 Å². The molecule has 8 rings (SSSR count).